The summed E-state index contributed by atoms with van der Waals surface area (Å²) in [4.78, 5) is 43.1. The van der Waals surface area contributed by atoms with Gasteiger partial charge in [0.15, 0.2) is 0 Å². The molecule has 0 spiro atoms. The highest BCUT2D eigenvalue weighted by Crippen LogP contribution is 2.45. The Morgan fingerprint density at radius 3 is 2.00 bits per heavy atom. The Kier molecular flexibility index (Phi) is 9.95. The summed E-state index contributed by atoms with van der Waals surface area (Å²) in [6.45, 7) is 12.5. The second-order valence-corrected chi connectivity index (χ2v) is 18.8. The quantitative estimate of drug-likeness (QED) is 0.207. The third kappa shape index (κ3) is 6.64. The van der Waals surface area contributed by atoms with Crippen LogP contribution in [0.2, 0.25) is 5.04 Å². The van der Waals surface area contributed by atoms with Crippen LogP contribution < -0.4 is 10.4 Å². The Bertz CT molecular complexity index is 1430. The summed E-state index contributed by atoms with van der Waals surface area (Å²) in [5.74, 6) is -0.160. The standard InChI is InChI=1S/C39H49NO4Si/c1-29-27-40(37(43)30-16-9-6-10-17-30)28-31(39(5)24-23-35(41)34(29)26-36(39)42)18-15-25-44-45(38(2,3)4,32-19-11-7-12-20-32)33-21-13-8-14-22-33/h6-14,16-17,19-22,29,31,34H,15,18,23-28H2,1-5H3/t29-,31-,34+,39-/m1/s1. The maximum atomic E-state index is 14.0. The van der Waals surface area contributed by atoms with Crippen LogP contribution in [0.4, 0.5) is 0 Å². The zero-order valence-electron chi connectivity index (χ0n) is 27.6. The minimum Gasteiger partial charge on any atom is -0.407 e. The SMILES string of the molecule is C[C@@H]1CN(C(=O)c2ccccc2)C[C@@H](CCCO[Si](c2ccccc2)(c2ccccc2)C(C)(C)C)[C@@]2(C)CCC(=O)[C@H]1CC2=O. The van der Waals surface area contributed by atoms with Crippen LogP contribution in [0.15, 0.2) is 91.0 Å². The van der Waals surface area contributed by atoms with Crippen LogP contribution in [0, 0.1) is 23.2 Å². The van der Waals surface area contributed by atoms with E-state index in [1.807, 2.05) is 42.2 Å². The average Bonchev–Trinajstić information content (AvgIpc) is 3.13. The van der Waals surface area contributed by atoms with E-state index in [0.717, 1.165) is 12.8 Å². The van der Waals surface area contributed by atoms with Gasteiger partial charge in [0.25, 0.3) is 14.2 Å². The van der Waals surface area contributed by atoms with E-state index in [1.54, 1.807) is 0 Å². The molecule has 0 radical (unpaired) electrons. The van der Waals surface area contributed by atoms with Crippen molar-refractivity contribution in [3.63, 3.8) is 0 Å². The summed E-state index contributed by atoms with van der Waals surface area (Å²) < 4.78 is 7.20. The summed E-state index contributed by atoms with van der Waals surface area (Å²) in [6.07, 6.45) is 2.75. The van der Waals surface area contributed by atoms with E-state index in [0.29, 0.717) is 38.1 Å². The molecular weight excluding hydrogens is 575 g/mol. The molecule has 238 valence electrons. The maximum Gasteiger partial charge on any atom is 0.261 e. The number of hydrogen-bond acceptors (Lipinski definition) is 4. The van der Waals surface area contributed by atoms with Gasteiger partial charge in [0.05, 0.1) is 0 Å². The Morgan fingerprint density at radius 2 is 1.44 bits per heavy atom. The van der Waals surface area contributed by atoms with E-state index in [4.69, 9.17) is 4.43 Å². The smallest absolute Gasteiger partial charge is 0.261 e. The van der Waals surface area contributed by atoms with Crippen molar-refractivity contribution < 1.29 is 18.8 Å². The Hall–Kier alpha value is -3.35. The fourth-order valence-electron chi connectivity index (χ4n) is 7.88. The normalized spacial score (nSPS) is 24.5. The first-order valence-corrected chi connectivity index (χ1v) is 18.5. The van der Waals surface area contributed by atoms with Crippen molar-refractivity contribution in [1.82, 2.24) is 4.90 Å². The molecule has 3 aromatic rings. The van der Waals surface area contributed by atoms with Gasteiger partial charge in [-0.1, -0.05) is 113 Å². The minimum absolute atomic E-state index is 0.0283. The second kappa shape index (κ2) is 13.6. The van der Waals surface area contributed by atoms with E-state index < -0.39 is 13.7 Å². The Labute approximate surface area is 270 Å². The van der Waals surface area contributed by atoms with Gasteiger partial charge in [-0.15, -0.1) is 0 Å². The average molecular weight is 624 g/mol. The largest absolute Gasteiger partial charge is 0.407 e. The molecule has 1 aliphatic heterocycles. The molecule has 2 aliphatic rings. The highest BCUT2D eigenvalue weighted by Gasteiger charge is 2.51. The van der Waals surface area contributed by atoms with Crippen molar-refractivity contribution in [1.29, 1.82) is 0 Å². The molecular formula is C39H49NO4Si. The number of ketones is 2. The summed E-state index contributed by atoms with van der Waals surface area (Å²) in [7, 11) is -2.69. The first-order chi connectivity index (χ1) is 21.5. The highest BCUT2D eigenvalue weighted by molar-refractivity contribution is 6.99. The van der Waals surface area contributed by atoms with E-state index in [1.165, 1.54) is 10.4 Å². The number of amides is 1. The van der Waals surface area contributed by atoms with Gasteiger partial charge in [-0.2, -0.15) is 0 Å². The lowest BCUT2D eigenvalue weighted by Gasteiger charge is -2.43. The molecule has 5 rings (SSSR count). The van der Waals surface area contributed by atoms with Gasteiger partial charge in [0.2, 0.25) is 0 Å². The number of fused-ring (bicyclic) bond motifs is 3. The van der Waals surface area contributed by atoms with Crippen LogP contribution in [-0.2, 0) is 14.0 Å². The molecule has 1 saturated heterocycles. The lowest BCUT2D eigenvalue weighted by Crippen LogP contribution is -2.66. The molecule has 4 atom stereocenters. The Balaban J connectivity index is 1.44. The first-order valence-electron chi connectivity index (χ1n) is 16.6. The van der Waals surface area contributed by atoms with Crippen molar-refractivity contribution in [2.75, 3.05) is 19.7 Å². The molecule has 1 amide bonds. The fourth-order valence-corrected chi connectivity index (χ4v) is 12.5. The van der Waals surface area contributed by atoms with Gasteiger partial charge in [0.1, 0.15) is 11.6 Å². The van der Waals surface area contributed by atoms with Gasteiger partial charge < -0.3 is 9.33 Å². The minimum atomic E-state index is -2.69. The van der Waals surface area contributed by atoms with E-state index in [-0.39, 0.29) is 46.7 Å². The van der Waals surface area contributed by atoms with Crippen LogP contribution in [0.25, 0.3) is 0 Å². The van der Waals surface area contributed by atoms with Crippen LogP contribution in [0.5, 0.6) is 0 Å². The van der Waals surface area contributed by atoms with Crippen LogP contribution in [0.1, 0.15) is 77.1 Å². The molecule has 45 heavy (non-hydrogen) atoms. The maximum absolute atomic E-state index is 14.0. The third-order valence-corrected chi connectivity index (χ3v) is 15.7. The van der Waals surface area contributed by atoms with Crippen LogP contribution in [0.3, 0.4) is 0 Å². The van der Waals surface area contributed by atoms with E-state index in [2.05, 4.69) is 88.4 Å². The number of Topliss-reactive ketones (excluding diaryl/α,β-unsaturated/α-hetero) is 2. The summed E-state index contributed by atoms with van der Waals surface area (Å²) >= 11 is 0. The van der Waals surface area contributed by atoms with Crippen molar-refractivity contribution in [3.8, 4) is 0 Å². The molecule has 0 unspecified atom stereocenters. The first kappa shape index (κ1) is 33.0. The molecule has 0 N–H and O–H groups in total. The number of benzene rings is 3. The molecule has 1 aliphatic carbocycles. The van der Waals surface area contributed by atoms with Gasteiger partial charge >= 0.3 is 0 Å². The van der Waals surface area contributed by atoms with Crippen molar-refractivity contribution in [3.05, 3.63) is 96.6 Å². The summed E-state index contributed by atoms with van der Waals surface area (Å²) in [5, 5.41) is 2.37. The van der Waals surface area contributed by atoms with Crippen molar-refractivity contribution in [2.45, 2.75) is 71.8 Å². The summed E-state index contributed by atoms with van der Waals surface area (Å²) in [5.41, 5.74) is -0.0214. The van der Waals surface area contributed by atoms with Crippen molar-refractivity contribution >= 4 is 36.2 Å². The van der Waals surface area contributed by atoms with Gasteiger partial charge in [-0.3, -0.25) is 14.4 Å². The van der Waals surface area contributed by atoms with Crippen LogP contribution in [-0.4, -0.2) is 50.4 Å². The molecule has 2 bridgehead atoms. The van der Waals surface area contributed by atoms with Gasteiger partial charge in [0, 0.05) is 49.4 Å². The van der Waals surface area contributed by atoms with Gasteiger partial charge in [-0.25, -0.2) is 0 Å². The zero-order chi connectivity index (χ0) is 32.2. The molecule has 3 aromatic carbocycles. The molecule has 2 fully saturated rings. The summed E-state index contributed by atoms with van der Waals surface area (Å²) in [6, 6.07) is 30.7. The van der Waals surface area contributed by atoms with E-state index >= 15 is 0 Å². The molecule has 1 saturated carbocycles. The number of rotatable bonds is 8. The second-order valence-electron chi connectivity index (χ2n) is 14.5. The van der Waals surface area contributed by atoms with Crippen molar-refractivity contribution in [2.24, 2.45) is 23.2 Å². The zero-order valence-corrected chi connectivity index (χ0v) is 28.6. The van der Waals surface area contributed by atoms with Gasteiger partial charge in [-0.05, 0) is 58.6 Å². The molecule has 1 heterocycles. The molecule has 6 heteroatoms. The monoisotopic (exact) mass is 623 g/mol. The molecule has 5 nitrogen and oxygen atoms in total. The number of carbonyl (C=O) groups excluding carboxylic acids is 3. The predicted octanol–water partition coefficient (Wildman–Crippen LogP) is 6.70. The number of nitrogens with zero attached hydrogens (tertiary/aromatic N) is 1. The van der Waals surface area contributed by atoms with Crippen LogP contribution >= 0.6 is 0 Å². The third-order valence-electron chi connectivity index (χ3n) is 10.6. The Morgan fingerprint density at radius 1 is 0.889 bits per heavy atom. The lowest BCUT2D eigenvalue weighted by atomic mass is 9.68. The lowest BCUT2D eigenvalue weighted by molar-refractivity contribution is -0.132. The highest BCUT2D eigenvalue weighted by atomic mass is 28.4. The number of carbonyl (C=O) groups is 3. The number of hydrogen-bond donors (Lipinski definition) is 0. The predicted molar refractivity (Wildman–Crippen MR) is 183 cm³/mol. The van der Waals surface area contributed by atoms with E-state index in [9.17, 15) is 14.4 Å². The topological polar surface area (TPSA) is 63.7 Å². The molecule has 0 aromatic heterocycles. The fraction of sp³-hybridized carbons (Fsp3) is 0.462.